The van der Waals surface area contributed by atoms with Crippen molar-refractivity contribution in [3.8, 4) is 0 Å². The lowest BCUT2D eigenvalue weighted by Crippen LogP contribution is -2.10. The number of fused-ring (bicyclic) bond motifs is 1. The average molecular weight is 269 g/mol. The lowest BCUT2D eigenvalue weighted by molar-refractivity contribution is 0.466. The third-order valence-electron chi connectivity index (χ3n) is 3.32. The normalized spacial score (nSPS) is 13.1. The summed E-state index contributed by atoms with van der Waals surface area (Å²) in [5.41, 5.74) is 1.33. The van der Waals surface area contributed by atoms with Crippen molar-refractivity contribution < 1.29 is 4.39 Å². The first kappa shape index (κ1) is 13.3. The van der Waals surface area contributed by atoms with Gasteiger partial charge in [-0.1, -0.05) is 26.3 Å². The van der Waals surface area contributed by atoms with E-state index in [9.17, 15) is 4.39 Å². The van der Waals surface area contributed by atoms with Crippen LogP contribution in [-0.2, 0) is 13.0 Å². The summed E-state index contributed by atoms with van der Waals surface area (Å²) in [6.45, 7) is 5.21. The fraction of sp³-hybridized carbons (Fsp3) is 0.500. The molecule has 1 aromatic carbocycles. The highest BCUT2D eigenvalue weighted by molar-refractivity contribution is 6.17. The van der Waals surface area contributed by atoms with Crippen LogP contribution < -0.4 is 0 Å². The van der Waals surface area contributed by atoms with Gasteiger partial charge in [0.1, 0.15) is 11.3 Å². The summed E-state index contributed by atoms with van der Waals surface area (Å²) in [5.74, 6) is 1.67. The molecular weight excluding hydrogens is 251 g/mol. The van der Waals surface area contributed by atoms with Crippen LogP contribution in [0.1, 0.15) is 26.1 Å². The van der Waals surface area contributed by atoms with Gasteiger partial charge in [-0.15, -0.1) is 11.6 Å². The first-order chi connectivity index (χ1) is 8.67. The molecule has 0 spiro atoms. The highest BCUT2D eigenvalue weighted by atomic mass is 35.5. The molecule has 0 N–H and O–H groups in total. The molecule has 2 aromatic rings. The van der Waals surface area contributed by atoms with Crippen LogP contribution in [0.15, 0.2) is 18.2 Å². The van der Waals surface area contributed by atoms with Gasteiger partial charge in [-0.05, 0) is 18.1 Å². The van der Waals surface area contributed by atoms with Gasteiger partial charge in [0.25, 0.3) is 0 Å². The number of rotatable bonds is 5. The number of aromatic nitrogens is 2. The zero-order valence-corrected chi connectivity index (χ0v) is 11.5. The van der Waals surface area contributed by atoms with Gasteiger partial charge in [-0.3, -0.25) is 0 Å². The van der Waals surface area contributed by atoms with Crippen LogP contribution in [0.3, 0.4) is 0 Å². The Hall–Kier alpha value is -1.09. The Morgan fingerprint density at radius 2 is 2.22 bits per heavy atom. The molecule has 0 saturated carbocycles. The van der Waals surface area contributed by atoms with Crippen molar-refractivity contribution in [2.45, 2.75) is 33.2 Å². The second-order valence-corrected chi connectivity index (χ2v) is 5.08. The molecule has 98 valence electrons. The molecule has 0 aliphatic heterocycles. The summed E-state index contributed by atoms with van der Waals surface area (Å²) in [6, 6.07) is 5.11. The van der Waals surface area contributed by atoms with Gasteiger partial charge in [0.05, 0.1) is 5.52 Å². The van der Waals surface area contributed by atoms with E-state index < -0.39 is 0 Å². The van der Waals surface area contributed by atoms with Crippen LogP contribution in [0.5, 0.6) is 0 Å². The van der Waals surface area contributed by atoms with E-state index in [1.807, 2.05) is 6.07 Å². The number of hydrogen-bond acceptors (Lipinski definition) is 1. The van der Waals surface area contributed by atoms with E-state index >= 15 is 0 Å². The van der Waals surface area contributed by atoms with E-state index in [-0.39, 0.29) is 5.82 Å². The predicted octanol–water partition coefficient (Wildman–Crippen LogP) is 4.00. The Morgan fingerprint density at radius 1 is 1.44 bits per heavy atom. The number of para-hydroxylation sites is 1. The number of hydrogen-bond donors (Lipinski definition) is 0. The van der Waals surface area contributed by atoms with E-state index in [0.717, 1.165) is 24.3 Å². The van der Waals surface area contributed by atoms with Gasteiger partial charge in [0.15, 0.2) is 5.82 Å². The number of nitrogens with zero attached hydrogens (tertiary/aromatic N) is 2. The van der Waals surface area contributed by atoms with E-state index in [1.54, 1.807) is 6.07 Å². The molecule has 0 aliphatic rings. The minimum atomic E-state index is -0.258. The fourth-order valence-corrected chi connectivity index (χ4v) is 2.25. The smallest absolute Gasteiger partial charge is 0.151 e. The molecule has 0 radical (unpaired) electrons. The molecule has 4 heteroatoms. The van der Waals surface area contributed by atoms with Gasteiger partial charge in [0, 0.05) is 18.8 Å². The molecular formula is C14H18ClFN2. The van der Waals surface area contributed by atoms with Crippen molar-refractivity contribution in [1.29, 1.82) is 0 Å². The molecule has 1 aromatic heterocycles. The first-order valence-electron chi connectivity index (χ1n) is 6.37. The quantitative estimate of drug-likeness (QED) is 0.750. The Morgan fingerprint density at radius 3 is 2.89 bits per heavy atom. The molecule has 0 aliphatic carbocycles. The summed E-state index contributed by atoms with van der Waals surface area (Å²) in [6.07, 6.45) is 1.77. The van der Waals surface area contributed by atoms with Crippen molar-refractivity contribution in [1.82, 2.24) is 9.55 Å². The molecule has 0 saturated heterocycles. The topological polar surface area (TPSA) is 17.8 Å². The molecule has 2 rings (SSSR count). The zero-order chi connectivity index (χ0) is 13.1. The van der Waals surface area contributed by atoms with Crippen molar-refractivity contribution in [3.05, 3.63) is 29.8 Å². The van der Waals surface area contributed by atoms with Crippen LogP contribution >= 0.6 is 11.6 Å². The van der Waals surface area contributed by atoms with Crippen LogP contribution in [0.25, 0.3) is 11.0 Å². The zero-order valence-electron chi connectivity index (χ0n) is 10.8. The van der Waals surface area contributed by atoms with Crippen LogP contribution in [0.2, 0.25) is 0 Å². The molecule has 0 amide bonds. The number of aryl methyl sites for hydroxylation is 1. The Kier molecular flexibility index (Phi) is 4.23. The molecule has 0 fully saturated rings. The third kappa shape index (κ3) is 2.51. The number of imidazole rings is 1. The fourth-order valence-electron chi connectivity index (χ4n) is 2.08. The minimum absolute atomic E-state index is 0.258. The molecule has 18 heavy (non-hydrogen) atoms. The van der Waals surface area contributed by atoms with Gasteiger partial charge < -0.3 is 4.57 Å². The highest BCUT2D eigenvalue weighted by Crippen LogP contribution is 2.21. The average Bonchev–Trinajstić information content (AvgIpc) is 2.70. The van der Waals surface area contributed by atoms with Crippen molar-refractivity contribution in [3.63, 3.8) is 0 Å². The Balaban J connectivity index is 2.52. The van der Waals surface area contributed by atoms with Gasteiger partial charge in [0.2, 0.25) is 0 Å². The lowest BCUT2D eigenvalue weighted by atomic mass is 10.1. The predicted molar refractivity (Wildman–Crippen MR) is 73.6 cm³/mol. The first-order valence-corrected chi connectivity index (χ1v) is 6.90. The van der Waals surface area contributed by atoms with Crippen LogP contribution in [0.4, 0.5) is 4.39 Å². The Labute approximate surface area is 112 Å². The SMILES string of the molecule is CCC(C)Cn1c(CCCl)nc2c(F)cccc21. The minimum Gasteiger partial charge on any atom is -0.328 e. The van der Waals surface area contributed by atoms with Gasteiger partial charge in [-0.2, -0.15) is 0 Å². The maximum Gasteiger partial charge on any atom is 0.151 e. The monoisotopic (exact) mass is 268 g/mol. The third-order valence-corrected chi connectivity index (χ3v) is 3.51. The second-order valence-electron chi connectivity index (χ2n) is 4.70. The largest absolute Gasteiger partial charge is 0.328 e. The molecule has 1 atom stereocenters. The lowest BCUT2D eigenvalue weighted by Gasteiger charge is -2.13. The highest BCUT2D eigenvalue weighted by Gasteiger charge is 2.14. The summed E-state index contributed by atoms with van der Waals surface area (Å²) in [4.78, 5) is 4.39. The van der Waals surface area contributed by atoms with E-state index in [1.165, 1.54) is 6.07 Å². The maximum atomic E-state index is 13.7. The van der Waals surface area contributed by atoms with E-state index in [2.05, 4.69) is 23.4 Å². The summed E-state index contributed by atoms with van der Waals surface area (Å²) in [5, 5.41) is 0. The van der Waals surface area contributed by atoms with Crippen molar-refractivity contribution >= 4 is 22.6 Å². The van der Waals surface area contributed by atoms with Gasteiger partial charge in [-0.25, -0.2) is 9.37 Å². The molecule has 1 heterocycles. The van der Waals surface area contributed by atoms with Crippen molar-refractivity contribution in [2.75, 3.05) is 5.88 Å². The maximum absolute atomic E-state index is 13.7. The number of halogens is 2. The van der Waals surface area contributed by atoms with Gasteiger partial charge >= 0.3 is 0 Å². The number of alkyl halides is 1. The van der Waals surface area contributed by atoms with E-state index in [4.69, 9.17) is 11.6 Å². The number of benzene rings is 1. The molecule has 0 bridgehead atoms. The summed E-state index contributed by atoms with van der Waals surface area (Å²) >= 11 is 5.80. The standard InChI is InChI=1S/C14H18ClFN2/c1-3-10(2)9-18-12-6-4-5-11(16)14(12)17-13(18)7-8-15/h4-6,10H,3,7-9H2,1-2H3. The van der Waals surface area contributed by atoms with E-state index in [0.29, 0.717) is 23.7 Å². The molecule has 1 unspecified atom stereocenters. The molecule has 2 nitrogen and oxygen atoms in total. The second kappa shape index (κ2) is 5.70. The van der Waals surface area contributed by atoms with Crippen molar-refractivity contribution in [2.24, 2.45) is 5.92 Å². The van der Waals surface area contributed by atoms with Crippen LogP contribution in [-0.4, -0.2) is 15.4 Å². The summed E-state index contributed by atoms with van der Waals surface area (Å²) < 4.78 is 15.8. The summed E-state index contributed by atoms with van der Waals surface area (Å²) in [7, 11) is 0. The van der Waals surface area contributed by atoms with Crippen LogP contribution in [0, 0.1) is 11.7 Å². The Bertz CT molecular complexity index is 536.